The molecule has 0 aliphatic carbocycles. The third-order valence-electron chi connectivity index (χ3n) is 6.83. The number of ether oxygens (including phenoxy) is 2. The molecule has 1 saturated heterocycles. The Morgan fingerprint density at radius 2 is 1.69 bits per heavy atom. The number of ketones is 1. The van der Waals surface area contributed by atoms with Crippen LogP contribution >= 0.6 is 0 Å². The van der Waals surface area contributed by atoms with Gasteiger partial charge in [0.25, 0.3) is 11.7 Å². The van der Waals surface area contributed by atoms with Crippen LogP contribution in [0, 0.1) is 0 Å². The molecule has 0 bridgehead atoms. The Kier molecular flexibility index (Phi) is 7.76. The number of hydrogen-bond donors (Lipinski definition) is 1. The molecule has 186 valence electrons. The fraction of sp³-hybridized carbons (Fsp3) is 0.429. The van der Waals surface area contributed by atoms with Crippen LogP contribution in [0.4, 0.5) is 0 Å². The lowest BCUT2D eigenvalue weighted by atomic mass is 9.94. The molecule has 2 aliphatic rings. The van der Waals surface area contributed by atoms with E-state index in [1.165, 1.54) is 5.56 Å². The fourth-order valence-electron chi connectivity index (χ4n) is 4.74. The first-order valence-corrected chi connectivity index (χ1v) is 12.5. The molecule has 4 rings (SSSR count). The Morgan fingerprint density at radius 3 is 2.34 bits per heavy atom. The molecular weight excluding hydrogens is 444 g/mol. The molecule has 7 heteroatoms. The number of Topliss-reactive ketones (excluding diaryl/α,β-unsaturated/α-hetero) is 1. The SMILES string of the molecule is CCc1ccc([C@H]2/C(=C(\O)c3ccc4c(c3)OCCO4)C(=O)C(=O)N2CCCN(CC)CC)cc1. The van der Waals surface area contributed by atoms with Gasteiger partial charge in [-0.1, -0.05) is 45.0 Å². The number of fused-ring (bicyclic) bond motifs is 1. The van der Waals surface area contributed by atoms with Crippen molar-refractivity contribution in [1.82, 2.24) is 9.80 Å². The number of nitrogens with zero attached hydrogens (tertiary/aromatic N) is 2. The lowest BCUT2D eigenvalue weighted by molar-refractivity contribution is -0.140. The fourth-order valence-corrected chi connectivity index (χ4v) is 4.74. The third kappa shape index (κ3) is 5.05. The van der Waals surface area contributed by atoms with E-state index in [0.717, 1.165) is 38.0 Å². The van der Waals surface area contributed by atoms with E-state index >= 15 is 0 Å². The molecule has 35 heavy (non-hydrogen) atoms. The standard InChI is InChI=1S/C28H34N2O5/c1-4-19-8-10-20(11-9-19)25-24(26(31)21-12-13-22-23(18-21)35-17-16-34-22)27(32)28(33)30(25)15-7-14-29(5-2)6-3/h8-13,18,25,31H,4-7,14-17H2,1-3H3/b26-24+/t25-/m0/s1. The summed E-state index contributed by atoms with van der Waals surface area (Å²) in [4.78, 5) is 30.3. The largest absolute Gasteiger partial charge is 0.507 e. The number of aliphatic hydroxyl groups excluding tert-OH is 1. The number of aliphatic hydroxyl groups is 1. The highest BCUT2D eigenvalue weighted by molar-refractivity contribution is 6.46. The summed E-state index contributed by atoms with van der Waals surface area (Å²) in [7, 11) is 0. The van der Waals surface area contributed by atoms with Crippen LogP contribution < -0.4 is 9.47 Å². The molecule has 0 unspecified atom stereocenters. The van der Waals surface area contributed by atoms with Gasteiger partial charge in [0.2, 0.25) is 0 Å². The van der Waals surface area contributed by atoms with Crippen LogP contribution in [0.1, 0.15) is 49.9 Å². The first kappa shape index (κ1) is 24.8. The van der Waals surface area contributed by atoms with Crippen molar-refractivity contribution >= 4 is 17.4 Å². The molecular formula is C28H34N2O5. The van der Waals surface area contributed by atoms with Crippen molar-refractivity contribution in [2.75, 3.05) is 39.4 Å². The van der Waals surface area contributed by atoms with Crippen LogP contribution in [0.2, 0.25) is 0 Å². The van der Waals surface area contributed by atoms with Crippen molar-refractivity contribution in [3.05, 3.63) is 64.7 Å². The van der Waals surface area contributed by atoms with Crippen LogP contribution in [0.15, 0.2) is 48.0 Å². The second-order valence-corrected chi connectivity index (χ2v) is 8.83. The molecule has 1 atom stereocenters. The molecule has 1 amide bonds. The molecule has 2 aliphatic heterocycles. The van der Waals surface area contributed by atoms with Crippen molar-refractivity contribution in [3.8, 4) is 11.5 Å². The zero-order chi connectivity index (χ0) is 24.9. The predicted molar refractivity (Wildman–Crippen MR) is 135 cm³/mol. The Hall–Kier alpha value is -3.32. The Morgan fingerprint density at radius 1 is 1.00 bits per heavy atom. The minimum absolute atomic E-state index is 0.110. The number of benzene rings is 2. The monoisotopic (exact) mass is 478 g/mol. The molecule has 2 aromatic carbocycles. The van der Waals surface area contributed by atoms with Crippen LogP contribution in [0.5, 0.6) is 11.5 Å². The summed E-state index contributed by atoms with van der Waals surface area (Å²) in [5.41, 5.74) is 2.51. The third-order valence-corrected chi connectivity index (χ3v) is 6.83. The lowest BCUT2D eigenvalue weighted by Crippen LogP contribution is -2.33. The van der Waals surface area contributed by atoms with Crippen molar-refractivity contribution in [2.45, 2.75) is 39.7 Å². The normalized spacial score (nSPS) is 19.0. The van der Waals surface area contributed by atoms with E-state index in [1.807, 2.05) is 24.3 Å². The van der Waals surface area contributed by atoms with Crippen LogP contribution in [0.25, 0.3) is 5.76 Å². The molecule has 0 saturated carbocycles. The molecule has 2 aromatic rings. The zero-order valence-electron chi connectivity index (χ0n) is 20.8. The van der Waals surface area contributed by atoms with Gasteiger partial charge in [-0.15, -0.1) is 0 Å². The van der Waals surface area contributed by atoms with Gasteiger partial charge in [0.15, 0.2) is 11.5 Å². The Bertz CT molecular complexity index is 1100. The summed E-state index contributed by atoms with van der Waals surface area (Å²) in [5, 5.41) is 11.3. The van der Waals surface area contributed by atoms with Gasteiger partial charge in [-0.25, -0.2) is 0 Å². The van der Waals surface area contributed by atoms with Crippen molar-refractivity contribution < 1.29 is 24.2 Å². The average Bonchev–Trinajstić information content (AvgIpc) is 3.15. The number of carbonyl (C=O) groups excluding carboxylic acids is 2. The van der Waals surface area contributed by atoms with Crippen molar-refractivity contribution in [2.24, 2.45) is 0 Å². The minimum atomic E-state index is -0.662. The zero-order valence-corrected chi connectivity index (χ0v) is 20.8. The maximum atomic E-state index is 13.3. The van der Waals surface area contributed by atoms with Crippen molar-refractivity contribution in [3.63, 3.8) is 0 Å². The highest BCUT2D eigenvalue weighted by Crippen LogP contribution is 2.41. The predicted octanol–water partition coefficient (Wildman–Crippen LogP) is 4.17. The van der Waals surface area contributed by atoms with Gasteiger partial charge in [-0.05, 0) is 61.8 Å². The Labute approximate surface area is 206 Å². The number of aryl methyl sites for hydroxylation is 1. The summed E-state index contributed by atoms with van der Waals surface area (Å²) in [6.07, 6.45) is 1.63. The number of hydrogen-bond acceptors (Lipinski definition) is 6. The number of likely N-dealkylation sites (tertiary alicyclic amines) is 1. The van der Waals surface area contributed by atoms with Gasteiger partial charge in [-0.2, -0.15) is 0 Å². The lowest BCUT2D eigenvalue weighted by Gasteiger charge is -2.27. The first-order valence-electron chi connectivity index (χ1n) is 12.5. The first-order chi connectivity index (χ1) is 17.0. The summed E-state index contributed by atoms with van der Waals surface area (Å²) < 4.78 is 11.2. The van der Waals surface area contributed by atoms with Gasteiger partial charge in [-0.3, -0.25) is 9.59 Å². The van der Waals surface area contributed by atoms with Gasteiger partial charge >= 0.3 is 0 Å². The van der Waals surface area contributed by atoms with E-state index in [0.29, 0.717) is 36.8 Å². The molecule has 0 aromatic heterocycles. The van der Waals surface area contributed by atoms with E-state index in [2.05, 4.69) is 25.7 Å². The number of rotatable bonds is 9. The molecule has 7 nitrogen and oxygen atoms in total. The molecule has 0 radical (unpaired) electrons. The molecule has 1 N–H and O–H groups in total. The second-order valence-electron chi connectivity index (χ2n) is 8.83. The van der Waals surface area contributed by atoms with E-state index < -0.39 is 17.7 Å². The van der Waals surface area contributed by atoms with Crippen LogP contribution in [0.3, 0.4) is 0 Å². The summed E-state index contributed by atoms with van der Waals surface area (Å²) >= 11 is 0. The van der Waals surface area contributed by atoms with Crippen LogP contribution in [-0.2, 0) is 16.0 Å². The smallest absolute Gasteiger partial charge is 0.295 e. The number of amides is 1. The maximum Gasteiger partial charge on any atom is 0.295 e. The van der Waals surface area contributed by atoms with Gasteiger partial charge in [0.05, 0.1) is 11.6 Å². The molecule has 2 heterocycles. The quantitative estimate of drug-likeness (QED) is 0.331. The molecule has 1 fully saturated rings. The van der Waals surface area contributed by atoms with E-state index in [1.54, 1.807) is 23.1 Å². The van der Waals surface area contributed by atoms with E-state index in [4.69, 9.17) is 9.47 Å². The topological polar surface area (TPSA) is 79.3 Å². The van der Waals surface area contributed by atoms with Crippen LogP contribution in [-0.4, -0.2) is 66.0 Å². The highest BCUT2D eigenvalue weighted by Gasteiger charge is 2.45. The molecule has 0 spiro atoms. The maximum absolute atomic E-state index is 13.3. The second kappa shape index (κ2) is 11.0. The van der Waals surface area contributed by atoms with E-state index in [-0.39, 0.29) is 11.3 Å². The van der Waals surface area contributed by atoms with Gasteiger partial charge in [0, 0.05) is 12.1 Å². The minimum Gasteiger partial charge on any atom is -0.507 e. The summed E-state index contributed by atoms with van der Waals surface area (Å²) in [5.74, 6) is -0.330. The highest BCUT2D eigenvalue weighted by atomic mass is 16.6. The Balaban J connectivity index is 1.73. The summed E-state index contributed by atoms with van der Waals surface area (Å²) in [6.45, 7) is 10.3. The van der Waals surface area contributed by atoms with Gasteiger partial charge < -0.3 is 24.4 Å². The average molecular weight is 479 g/mol. The summed E-state index contributed by atoms with van der Waals surface area (Å²) in [6, 6.07) is 12.3. The van der Waals surface area contributed by atoms with E-state index in [9.17, 15) is 14.7 Å². The number of carbonyl (C=O) groups is 2. The van der Waals surface area contributed by atoms with Crippen molar-refractivity contribution in [1.29, 1.82) is 0 Å². The van der Waals surface area contributed by atoms with Gasteiger partial charge in [0.1, 0.15) is 19.0 Å².